The molecule has 0 fully saturated rings. The van der Waals surface area contributed by atoms with Gasteiger partial charge in [-0.25, -0.2) is 0 Å². The van der Waals surface area contributed by atoms with E-state index in [2.05, 4.69) is 0 Å². The minimum atomic E-state index is -4.02. The molecular weight excluding hydrogens is 204 g/mol. The summed E-state index contributed by atoms with van der Waals surface area (Å²) in [4.78, 5) is 0. The van der Waals surface area contributed by atoms with Gasteiger partial charge in [0.25, 0.3) is 10.1 Å². The van der Waals surface area contributed by atoms with Gasteiger partial charge >= 0.3 is 0 Å². The second kappa shape index (κ2) is 3.11. The fraction of sp³-hybridized carbons (Fsp3) is 0.111. The zero-order valence-corrected chi connectivity index (χ0v) is 7.99. The van der Waals surface area contributed by atoms with Crippen LogP contribution in [0, 0.1) is 0 Å². The van der Waals surface area contributed by atoms with E-state index < -0.39 is 15.9 Å². The highest BCUT2D eigenvalue weighted by molar-refractivity contribution is 7.84. The van der Waals surface area contributed by atoms with Crippen LogP contribution >= 0.6 is 0 Å². The van der Waals surface area contributed by atoms with Crippen LogP contribution in [-0.2, 0) is 15.9 Å². The Hall–Kier alpha value is -1.33. The summed E-state index contributed by atoms with van der Waals surface area (Å²) in [6.45, 7) is 0. The topological polar surface area (TPSA) is 67.5 Å². The molecule has 74 valence electrons. The lowest BCUT2D eigenvalue weighted by molar-refractivity contribution is 0.472. The Bertz CT molecular complexity index is 520. The van der Waals surface area contributed by atoms with Crippen molar-refractivity contribution >= 4 is 21.1 Å². The van der Waals surface area contributed by atoms with Gasteiger partial charge in [0.05, 0.1) is 0 Å². The first-order chi connectivity index (χ1) is 6.54. The highest BCUT2D eigenvalue weighted by atomic mass is 32.2. The summed E-state index contributed by atoms with van der Waals surface area (Å²) in [7, 11) is -4.02. The molecule has 14 heavy (non-hydrogen) atoms. The summed E-state index contributed by atoms with van der Waals surface area (Å²) in [5.41, 5.74) is 0.617. The normalized spacial score (nSPS) is 12.1. The number of benzene rings is 1. The van der Waals surface area contributed by atoms with Crippen molar-refractivity contribution in [2.45, 2.75) is 5.75 Å². The second-order valence-corrected chi connectivity index (χ2v) is 4.43. The molecule has 0 radical (unpaired) electrons. The number of hydrogen-bond donors (Lipinski definition) is 1. The molecule has 0 saturated carbocycles. The van der Waals surface area contributed by atoms with Gasteiger partial charge in [-0.3, -0.25) is 4.55 Å². The van der Waals surface area contributed by atoms with Crippen molar-refractivity contribution in [3.63, 3.8) is 0 Å². The van der Waals surface area contributed by atoms with Crippen LogP contribution in [0.15, 0.2) is 34.7 Å². The molecule has 4 nitrogen and oxygen atoms in total. The van der Waals surface area contributed by atoms with Crippen molar-refractivity contribution < 1.29 is 17.4 Å². The van der Waals surface area contributed by atoms with Crippen molar-refractivity contribution in [2.24, 2.45) is 0 Å². The SMILES string of the molecule is O=S(=O)(O)Cc1cc2ccccc2o1. The maximum atomic E-state index is 10.6. The smallest absolute Gasteiger partial charge is 0.272 e. The maximum absolute atomic E-state index is 10.6. The molecule has 0 spiro atoms. The van der Waals surface area contributed by atoms with E-state index in [1.54, 1.807) is 18.2 Å². The molecule has 0 aliphatic rings. The number of para-hydroxylation sites is 1. The molecule has 0 unspecified atom stereocenters. The molecule has 1 aromatic carbocycles. The van der Waals surface area contributed by atoms with Crippen molar-refractivity contribution in [1.29, 1.82) is 0 Å². The standard InChI is InChI=1S/C9H8O4S/c10-14(11,12)6-8-5-7-3-1-2-4-9(7)13-8/h1-5H,6H2,(H,10,11,12). The van der Waals surface area contributed by atoms with Gasteiger partial charge in [-0.1, -0.05) is 18.2 Å². The number of furan rings is 1. The third kappa shape index (κ3) is 1.94. The van der Waals surface area contributed by atoms with E-state index in [0.29, 0.717) is 5.58 Å². The number of hydrogen-bond acceptors (Lipinski definition) is 3. The van der Waals surface area contributed by atoms with E-state index in [0.717, 1.165) is 5.39 Å². The van der Waals surface area contributed by atoms with E-state index >= 15 is 0 Å². The van der Waals surface area contributed by atoms with Gasteiger partial charge in [-0.05, 0) is 12.1 Å². The zero-order valence-electron chi connectivity index (χ0n) is 7.17. The van der Waals surface area contributed by atoms with E-state index in [9.17, 15) is 8.42 Å². The number of rotatable bonds is 2. The Kier molecular flexibility index (Phi) is 2.05. The van der Waals surface area contributed by atoms with Crippen molar-refractivity contribution in [3.8, 4) is 0 Å². The average Bonchev–Trinajstić information content (AvgIpc) is 2.42. The van der Waals surface area contributed by atoms with Gasteiger partial charge in [0, 0.05) is 5.39 Å². The van der Waals surface area contributed by atoms with Crippen LogP contribution in [0.3, 0.4) is 0 Å². The first-order valence-electron chi connectivity index (χ1n) is 3.97. The lowest BCUT2D eigenvalue weighted by Gasteiger charge is -1.90. The van der Waals surface area contributed by atoms with Crippen LogP contribution in [0.4, 0.5) is 0 Å². The van der Waals surface area contributed by atoms with Gasteiger partial charge in [-0.15, -0.1) is 0 Å². The quantitative estimate of drug-likeness (QED) is 0.771. The predicted octanol–water partition coefficient (Wildman–Crippen LogP) is 1.82. The molecule has 1 heterocycles. The summed E-state index contributed by atoms with van der Waals surface area (Å²) < 4.78 is 35.0. The molecule has 0 amide bonds. The molecule has 5 heteroatoms. The largest absolute Gasteiger partial charge is 0.460 e. The molecule has 2 aromatic rings. The van der Waals surface area contributed by atoms with E-state index in [1.165, 1.54) is 0 Å². The van der Waals surface area contributed by atoms with Crippen LogP contribution in [0.1, 0.15) is 5.76 Å². The fourth-order valence-electron chi connectivity index (χ4n) is 1.29. The first kappa shape index (κ1) is 9.23. The lowest BCUT2D eigenvalue weighted by atomic mass is 10.2. The molecule has 0 bridgehead atoms. The van der Waals surface area contributed by atoms with Crippen molar-refractivity contribution in [3.05, 3.63) is 36.1 Å². The molecule has 1 aromatic heterocycles. The summed E-state index contributed by atoms with van der Waals surface area (Å²) in [5, 5.41) is 0.825. The summed E-state index contributed by atoms with van der Waals surface area (Å²) in [6, 6.07) is 8.77. The third-order valence-electron chi connectivity index (χ3n) is 1.80. The lowest BCUT2D eigenvalue weighted by Crippen LogP contribution is -1.99. The molecule has 2 rings (SSSR count). The van der Waals surface area contributed by atoms with Crippen molar-refractivity contribution in [2.75, 3.05) is 0 Å². The van der Waals surface area contributed by atoms with Gasteiger partial charge in [0.2, 0.25) is 0 Å². The van der Waals surface area contributed by atoms with Crippen LogP contribution in [0.2, 0.25) is 0 Å². The maximum Gasteiger partial charge on any atom is 0.272 e. The highest BCUT2D eigenvalue weighted by Crippen LogP contribution is 2.19. The molecule has 0 aliphatic carbocycles. The summed E-state index contributed by atoms with van der Waals surface area (Å²) in [6.07, 6.45) is 0. The van der Waals surface area contributed by atoms with Crippen LogP contribution in [0.5, 0.6) is 0 Å². The summed E-state index contributed by atoms with van der Waals surface area (Å²) >= 11 is 0. The Balaban J connectivity index is 2.46. The van der Waals surface area contributed by atoms with Gasteiger partial charge in [0.15, 0.2) is 0 Å². The average molecular weight is 212 g/mol. The minimum Gasteiger partial charge on any atom is -0.460 e. The van der Waals surface area contributed by atoms with Crippen LogP contribution in [0.25, 0.3) is 11.0 Å². The van der Waals surface area contributed by atoms with Gasteiger partial charge < -0.3 is 4.42 Å². The molecular formula is C9H8O4S. The second-order valence-electron chi connectivity index (χ2n) is 2.98. The molecule has 1 N–H and O–H groups in total. The summed E-state index contributed by atoms with van der Waals surface area (Å²) in [5.74, 6) is -0.240. The Morgan fingerprint density at radius 1 is 1.29 bits per heavy atom. The van der Waals surface area contributed by atoms with E-state index in [1.807, 2.05) is 12.1 Å². The van der Waals surface area contributed by atoms with Gasteiger partial charge in [0.1, 0.15) is 17.1 Å². The molecule has 0 saturated heterocycles. The fourth-order valence-corrected chi connectivity index (χ4v) is 1.79. The minimum absolute atomic E-state index is 0.244. The Morgan fingerprint density at radius 3 is 2.64 bits per heavy atom. The van der Waals surface area contributed by atoms with E-state index in [-0.39, 0.29) is 5.76 Å². The van der Waals surface area contributed by atoms with Crippen LogP contribution < -0.4 is 0 Å². The highest BCUT2D eigenvalue weighted by Gasteiger charge is 2.10. The monoisotopic (exact) mass is 212 g/mol. The first-order valence-corrected chi connectivity index (χ1v) is 5.58. The molecule has 0 aliphatic heterocycles. The van der Waals surface area contributed by atoms with Crippen molar-refractivity contribution in [1.82, 2.24) is 0 Å². The predicted molar refractivity (Wildman–Crippen MR) is 51.5 cm³/mol. The Labute approximate surface area is 80.9 Å². The van der Waals surface area contributed by atoms with Gasteiger partial charge in [-0.2, -0.15) is 8.42 Å². The van der Waals surface area contributed by atoms with E-state index in [4.69, 9.17) is 8.97 Å². The Morgan fingerprint density at radius 2 is 2.00 bits per heavy atom. The third-order valence-corrected chi connectivity index (χ3v) is 2.45. The zero-order chi connectivity index (χ0) is 10.2. The van der Waals surface area contributed by atoms with Crippen LogP contribution in [-0.4, -0.2) is 13.0 Å². The number of fused-ring (bicyclic) bond motifs is 1. The molecule has 0 atom stereocenters.